The van der Waals surface area contributed by atoms with Crippen molar-refractivity contribution in [1.82, 2.24) is 19.2 Å². The Kier molecular flexibility index (Phi) is 6.15. The lowest BCUT2D eigenvalue weighted by molar-refractivity contribution is -0.133. The molecule has 3 heterocycles. The number of fused-ring (bicyclic) bond motifs is 1. The highest BCUT2D eigenvalue weighted by molar-refractivity contribution is 5.75. The lowest BCUT2D eigenvalue weighted by atomic mass is 10.1. The zero-order valence-corrected chi connectivity index (χ0v) is 16.1. The summed E-state index contributed by atoms with van der Waals surface area (Å²) in [7, 11) is 0. The van der Waals surface area contributed by atoms with Crippen molar-refractivity contribution in [3.05, 3.63) is 40.5 Å². The largest absolute Gasteiger partial charge is 0.467 e. The number of nitrogens with zero attached hydrogens (tertiary/aromatic N) is 4. The van der Waals surface area contributed by atoms with Crippen LogP contribution in [0.2, 0.25) is 0 Å². The van der Waals surface area contributed by atoms with Crippen LogP contribution in [0, 0.1) is 5.92 Å². The molecule has 1 unspecified atom stereocenters. The Morgan fingerprint density at radius 1 is 1.44 bits per heavy atom. The molecule has 0 radical (unpaired) electrons. The molecular formula is C19H29N5O3. The lowest BCUT2D eigenvalue weighted by Gasteiger charge is -2.22. The maximum atomic E-state index is 12.9. The molecule has 0 aliphatic carbocycles. The van der Waals surface area contributed by atoms with Crippen molar-refractivity contribution < 1.29 is 9.21 Å². The molecule has 0 fully saturated rings. The minimum Gasteiger partial charge on any atom is -0.467 e. The normalized spacial score (nSPS) is 17.0. The lowest BCUT2D eigenvalue weighted by Crippen LogP contribution is -2.38. The van der Waals surface area contributed by atoms with Gasteiger partial charge in [0.2, 0.25) is 5.91 Å². The first-order valence-corrected chi connectivity index (χ1v) is 9.66. The highest BCUT2D eigenvalue weighted by Gasteiger charge is 2.22. The van der Waals surface area contributed by atoms with Crippen LogP contribution in [0.4, 0.5) is 0 Å². The molecule has 3 rings (SSSR count). The van der Waals surface area contributed by atoms with E-state index in [2.05, 4.69) is 18.9 Å². The Morgan fingerprint density at radius 2 is 2.26 bits per heavy atom. The van der Waals surface area contributed by atoms with Gasteiger partial charge in [-0.2, -0.15) is 5.10 Å². The number of carbonyl (C=O) groups excluding carboxylic acids is 1. The minimum atomic E-state index is -0.228. The van der Waals surface area contributed by atoms with Gasteiger partial charge in [-0.1, -0.05) is 13.8 Å². The molecule has 0 spiro atoms. The number of hydrogen-bond donors (Lipinski definition) is 1. The molecule has 1 aliphatic heterocycles. The molecule has 8 nitrogen and oxygen atoms in total. The fraction of sp³-hybridized carbons (Fsp3) is 0.632. The Hall–Kier alpha value is -2.35. The van der Waals surface area contributed by atoms with Gasteiger partial charge in [0.25, 0.3) is 0 Å². The summed E-state index contributed by atoms with van der Waals surface area (Å²) in [6.45, 7) is 5.77. The maximum absolute atomic E-state index is 12.9. The van der Waals surface area contributed by atoms with Gasteiger partial charge in [0.1, 0.15) is 18.1 Å². The van der Waals surface area contributed by atoms with Crippen LogP contribution in [-0.4, -0.2) is 37.7 Å². The summed E-state index contributed by atoms with van der Waals surface area (Å²) in [6, 6.07) is 3.76. The molecule has 0 saturated heterocycles. The first-order valence-electron chi connectivity index (χ1n) is 9.66. The topological polar surface area (TPSA) is 99.3 Å². The van der Waals surface area contributed by atoms with Gasteiger partial charge in [-0.15, -0.1) is 0 Å². The zero-order chi connectivity index (χ0) is 19.4. The number of aromatic nitrogens is 3. The third kappa shape index (κ3) is 4.88. The monoisotopic (exact) mass is 375 g/mol. The molecule has 148 valence electrons. The van der Waals surface area contributed by atoms with E-state index in [-0.39, 0.29) is 24.2 Å². The second-order valence-corrected chi connectivity index (χ2v) is 7.67. The van der Waals surface area contributed by atoms with Crippen molar-refractivity contribution in [2.24, 2.45) is 11.7 Å². The molecular weight excluding hydrogens is 346 g/mol. The number of aryl methyl sites for hydroxylation is 1. The Balaban J connectivity index is 1.73. The van der Waals surface area contributed by atoms with Gasteiger partial charge in [0.05, 0.1) is 12.8 Å². The van der Waals surface area contributed by atoms with E-state index in [0.29, 0.717) is 32.0 Å². The van der Waals surface area contributed by atoms with Crippen LogP contribution in [0.3, 0.4) is 0 Å². The zero-order valence-electron chi connectivity index (χ0n) is 16.1. The molecule has 2 N–H and O–H groups in total. The van der Waals surface area contributed by atoms with E-state index in [0.717, 1.165) is 30.8 Å². The summed E-state index contributed by atoms with van der Waals surface area (Å²) in [5.41, 5.74) is 5.76. The van der Waals surface area contributed by atoms with Crippen LogP contribution in [-0.2, 0) is 30.8 Å². The molecule has 1 aliphatic rings. The molecule has 2 aromatic rings. The summed E-state index contributed by atoms with van der Waals surface area (Å²) in [5, 5.41) is 4.40. The molecule has 1 atom stereocenters. The van der Waals surface area contributed by atoms with Crippen LogP contribution < -0.4 is 11.4 Å². The van der Waals surface area contributed by atoms with Gasteiger partial charge in [-0.3, -0.25) is 9.36 Å². The van der Waals surface area contributed by atoms with Gasteiger partial charge in [-0.05, 0) is 37.3 Å². The van der Waals surface area contributed by atoms with Crippen LogP contribution >= 0.6 is 0 Å². The summed E-state index contributed by atoms with van der Waals surface area (Å²) in [4.78, 5) is 27.3. The SMILES string of the molecule is CC(C)CCN(Cc1ccco1)C(=O)Cn1nc2n(c1=O)CCC(N)CC2. The van der Waals surface area contributed by atoms with Gasteiger partial charge >= 0.3 is 5.69 Å². The number of nitrogens with two attached hydrogens (primary N) is 1. The van der Waals surface area contributed by atoms with Crippen molar-refractivity contribution in [1.29, 1.82) is 0 Å². The van der Waals surface area contributed by atoms with E-state index in [1.165, 1.54) is 4.68 Å². The smallest absolute Gasteiger partial charge is 0.346 e. The first kappa shape index (κ1) is 19.4. The van der Waals surface area contributed by atoms with Gasteiger partial charge in [-0.25, -0.2) is 9.48 Å². The molecule has 8 heteroatoms. The van der Waals surface area contributed by atoms with Gasteiger partial charge in [0, 0.05) is 25.6 Å². The molecule has 0 bridgehead atoms. The van der Waals surface area contributed by atoms with Crippen LogP contribution in [0.25, 0.3) is 0 Å². The van der Waals surface area contributed by atoms with Crippen molar-refractivity contribution in [2.75, 3.05) is 6.54 Å². The van der Waals surface area contributed by atoms with Crippen molar-refractivity contribution in [3.8, 4) is 0 Å². The summed E-state index contributed by atoms with van der Waals surface area (Å²) >= 11 is 0. The van der Waals surface area contributed by atoms with Crippen molar-refractivity contribution in [2.45, 2.75) is 65.2 Å². The van der Waals surface area contributed by atoms with Crippen molar-refractivity contribution >= 4 is 5.91 Å². The van der Waals surface area contributed by atoms with E-state index in [1.54, 1.807) is 15.7 Å². The molecule has 0 saturated carbocycles. The average Bonchev–Trinajstić information content (AvgIpc) is 3.18. The number of carbonyl (C=O) groups is 1. The third-order valence-electron chi connectivity index (χ3n) is 5.00. The number of amides is 1. The van der Waals surface area contributed by atoms with E-state index in [1.807, 2.05) is 12.1 Å². The Morgan fingerprint density at radius 3 is 2.96 bits per heavy atom. The third-order valence-corrected chi connectivity index (χ3v) is 5.00. The van der Waals surface area contributed by atoms with Crippen LogP contribution in [0.15, 0.2) is 27.6 Å². The first-order chi connectivity index (χ1) is 12.9. The number of hydrogen-bond acceptors (Lipinski definition) is 5. The van der Waals surface area contributed by atoms with E-state index < -0.39 is 0 Å². The minimum absolute atomic E-state index is 0.0519. The molecule has 1 amide bonds. The molecule has 27 heavy (non-hydrogen) atoms. The standard InChI is InChI=1S/C19H29N5O3/c1-14(2)7-9-22(12-16-4-3-11-27-16)18(25)13-24-19(26)23-10-8-15(20)5-6-17(23)21-24/h3-4,11,14-15H,5-10,12-13,20H2,1-2H3. The summed E-state index contributed by atoms with van der Waals surface area (Å²) in [6.07, 6.45) is 4.72. The molecule has 2 aromatic heterocycles. The quantitative estimate of drug-likeness (QED) is 0.788. The predicted octanol–water partition coefficient (Wildman–Crippen LogP) is 1.38. The van der Waals surface area contributed by atoms with Gasteiger partial charge < -0.3 is 15.1 Å². The highest BCUT2D eigenvalue weighted by atomic mass is 16.3. The second-order valence-electron chi connectivity index (χ2n) is 7.67. The van der Waals surface area contributed by atoms with E-state index in [4.69, 9.17) is 10.2 Å². The summed E-state index contributed by atoms with van der Waals surface area (Å²) in [5.74, 6) is 1.81. The predicted molar refractivity (Wildman–Crippen MR) is 101 cm³/mol. The maximum Gasteiger partial charge on any atom is 0.346 e. The Bertz CT molecular complexity index is 806. The van der Waals surface area contributed by atoms with Crippen molar-refractivity contribution in [3.63, 3.8) is 0 Å². The van der Waals surface area contributed by atoms with E-state index in [9.17, 15) is 9.59 Å². The highest BCUT2D eigenvalue weighted by Crippen LogP contribution is 2.12. The average molecular weight is 375 g/mol. The van der Waals surface area contributed by atoms with Gasteiger partial charge in [0.15, 0.2) is 0 Å². The fourth-order valence-electron chi connectivity index (χ4n) is 3.28. The Labute approximate surface area is 158 Å². The fourth-order valence-corrected chi connectivity index (χ4v) is 3.28. The second kappa shape index (κ2) is 8.56. The molecule has 0 aromatic carbocycles. The van der Waals surface area contributed by atoms with Crippen LogP contribution in [0.1, 0.15) is 44.7 Å². The number of rotatable bonds is 7. The van der Waals surface area contributed by atoms with E-state index >= 15 is 0 Å². The van der Waals surface area contributed by atoms with Crippen LogP contribution in [0.5, 0.6) is 0 Å². The number of furan rings is 1. The summed E-state index contributed by atoms with van der Waals surface area (Å²) < 4.78 is 8.34.